The third-order valence-corrected chi connectivity index (χ3v) is 3.08. The highest BCUT2D eigenvalue weighted by atomic mass is 28.2. The molecule has 0 bridgehead atoms. The van der Waals surface area contributed by atoms with Crippen molar-refractivity contribution in [2.75, 3.05) is 6.61 Å². The summed E-state index contributed by atoms with van der Waals surface area (Å²) in [4.78, 5) is 20.1. The van der Waals surface area contributed by atoms with Crippen molar-refractivity contribution in [3.05, 3.63) is 12.2 Å². The summed E-state index contributed by atoms with van der Waals surface area (Å²) < 4.78 is 5.21. The summed E-state index contributed by atoms with van der Waals surface area (Å²) in [5.41, 5.74) is 0. The van der Waals surface area contributed by atoms with Crippen molar-refractivity contribution in [1.82, 2.24) is 5.32 Å². The fourth-order valence-electron chi connectivity index (χ4n) is 1.04. The fourth-order valence-corrected chi connectivity index (χ4v) is 2.21. The number of carbonyl (C=O) groups is 2. The van der Waals surface area contributed by atoms with Gasteiger partial charge in [0.1, 0.15) is 0 Å². The zero-order chi connectivity index (χ0) is 9.52. The van der Waals surface area contributed by atoms with Crippen LogP contribution in [0.15, 0.2) is 12.2 Å². The quantitative estimate of drug-likeness (QED) is 0.422. The first-order valence-electron chi connectivity index (χ1n) is 4.40. The van der Waals surface area contributed by atoms with Gasteiger partial charge in [0.25, 0.3) is 11.8 Å². The van der Waals surface area contributed by atoms with Crippen LogP contribution in [0.1, 0.15) is 12.8 Å². The normalized spacial score (nSPS) is 22.5. The van der Waals surface area contributed by atoms with Crippen molar-refractivity contribution in [3.8, 4) is 0 Å². The molecule has 5 heteroatoms. The minimum Gasteiger partial charge on any atom is -0.424 e. The van der Waals surface area contributed by atoms with E-state index >= 15 is 0 Å². The standard InChI is InChI=1S/C4H3NO2.C4H10OSi/c6-3-1-2-4(7)5-3;1-2-4-6-5-3-1/h1-2H,(H,5,6,7);1-4,6H2. The van der Waals surface area contributed by atoms with E-state index in [0.717, 1.165) is 6.61 Å². The first kappa shape index (κ1) is 10.1. The van der Waals surface area contributed by atoms with E-state index in [-0.39, 0.29) is 21.6 Å². The molecule has 4 nitrogen and oxygen atoms in total. The van der Waals surface area contributed by atoms with Gasteiger partial charge in [0.2, 0.25) is 0 Å². The van der Waals surface area contributed by atoms with Crippen LogP contribution in [-0.2, 0) is 14.0 Å². The summed E-state index contributed by atoms with van der Waals surface area (Å²) in [6, 6.07) is 1.42. The molecular formula is C8H13NO3Si. The van der Waals surface area contributed by atoms with Crippen molar-refractivity contribution in [2.24, 2.45) is 0 Å². The number of hydrogen-bond donors (Lipinski definition) is 1. The molecule has 0 spiro atoms. The van der Waals surface area contributed by atoms with Crippen molar-refractivity contribution < 1.29 is 14.0 Å². The molecule has 13 heavy (non-hydrogen) atoms. The van der Waals surface area contributed by atoms with Crippen LogP contribution < -0.4 is 5.32 Å². The summed E-state index contributed by atoms with van der Waals surface area (Å²) in [6.45, 7) is 1.06. The number of carbonyl (C=O) groups excluding carboxylic acids is 2. The Balaban J connectivity index is 0.000000132. The number of amides is 2. The zero-order valence-corrected chi connectivity index (χ0v) is 8.83. The predicted octanol–water partition coefficient (Wildman–Crippen LogP) is -0.502. The summed E-state index contributed by atoms with van der Waals surface area (Å²) in [5, 5.41) is 2.03. The van der Waals surface area contributed by atoms with Gasteiger partial charge in [-0.15, -0.1) is 0 Å². The van der Waals surface area contributed by atoms with E-state index in [1.807, 2.05) is 5.32 Å². The molecule has 0 atom stereocenters. The highest BCUT2D eigenvalue weighted by molar-refractivity contribution is 6.27. The van der Waals surface area contributed by atoms with Crippen LogP contribution in [-0.4, -0.2) is 28.2 Å². The van der Waals surface area contributed by atoms with Crippen LogP contribution in [0, 0.1) is 0 Å². The molecule has 2 aliphatic heterocycles. The van der Waals surface area contributed by atoms with Crippen LogP contribution in [0.4, 0.5) is 0 Å². The van der Waals surface area contributed by atoms with Crippen LogP contribution in [0.5, 0.6) is 0 Å². The molecule has 72 valence electrons. The Bertz CT molecular complexity index is 196. The van der Waals surface area contributed by atoms with Gasteiger partial charge < -0.3 is 4.43 Å². The maximum Gasteiger partial charge on any atom is 0.250 e. The van der Waals surface area contributed by atoms with E-state index in [4.69, 9.17) is 4.43 Å². The lowest BCUT2D eigenvalue weighted by Crippen LogP contribution is -2.19. The van der Waals surface area contributed by atoms with Crippen molar-refractivity contribution in [2.45, 2.75) is 18.9 Å². The smallest absolute Gasteiger partial charge is 0.250 e. The first-order valence-corrected chi connectivity index (χ1v) is 5.97. The van der Waals surface area contributed by atoms with Crippen molar-refractivity contribution in [3.63, 3.8) is 0 Å². The van der Waals surface area contributed by atoms with Gasteiger partial charge in [0.05, 0.1) is 0 Å². The third-order valence-electron chi connectivity index (χ3n) is 1.71. The average molecular weight is 199 g/mol. The lowest BCUT2D eigenvalue weighted by Gasteiger charge is -2.07. The summed E-state index contributed by atoms with van der Waals surface area (Å²) >= 11 is 0. The van der Waals surface area contributed by atoms with E-state index in [9.17, 15) is 9.59 Å². The number of hydrogen-bond acceptors (Lipinski definition) is 3. The molecule has 0 aliphatic carbocycles. The van der Waals surface area contributed by atoms with Gasteiger partial charge in [0, 0.05) is 18.8 Å². The van der Waals surface area contributed by atoms with E-state index < -0.39 is 0 Å². The highest BCUT2D eigenvalue weighted by Gasteiger charge is 2.06. The first-order chi connectivity index (χ1) is 6.29. The second-order valence-electron chi connectivity index (χ2n) is 2.86. The minimum absolute atomic E-state index is 0.00849. The average Bonchev–Trinajstić information content (AvgIpc) is 2.54. The number of rotatable bonds is 0. The van der Waals surface area contributed by atoms with Gasteiger partial charge in [-0.2, -0.15) is 0 Å². The molecule has 0 radical (unpaired) electrons. The van der Waals surface area contributed by atoms with Crippen LogP contribution in [0.3, 0.4) is 0 Å². The highest BCUT2D eigenvalue weighted by Crippen LogP contribution is 2.01. The Morgan fingerprint density at radius 1 is 1.23 bits per heavy atom. The monoisotopic (exact) mass is 199 g/mol. The second kappa shape index (κ2) is 5.66. The maximum atomic E-state index is 10.0. The molecule has 1 fully saturated rings. The van der Waals surface area contributed by atoms with Gasteiger partial charge in [-0.3, -0.25) is 14.9 Å². The lowest BCUT2D eigenvalue weighted by molar-refractivity contribution is -0.123. The zero-order valence-electron chi connectivity index (χ0n) is 7.41. The largest absolute Gasteiger partial charge is 0.424 e. The van der Waals surface area contributed by atoms with Gasteiger partial charge in [0.15, 0.2) is 9.76 Å². The summed E-state index contributed by atoms with van der Waals surface area (Å²) in [7, 11) is 0.00849. The van der Waals surface area contributed by atoms with E-state index in [0.29, 0.717) is 0 Å². The van der Waals surface area contributed by atoms with Gasteiger partial charge in [-0.1, -0.05) is 6.42 Å². The van der Waals surface area contributed by atoms with E-state index in [2.05, 4.69) is 0 Å². The second-order valence-corrected chi connectivity index (χ2v) is 4.38. The molecule has 1 saturated heterocycles. The lowest BCUT2D eigenvalue weighted by atomic mass is 10.4. The molecule has 0 aromatic carbocycles. The Morgan fingerprint density at radius 3 is 2.08 bits per heavy atom. The molecule has 2 amide bonds. The van der Waals surface area contributed by atoms with Crippen molar-refractivity contribution >= 4 is 21.6 Å². The van der Waals surface area contributed by atoms with Gasteiger partial charge in [-0.25, -0.2) is 0 Å². The number of imide groups is 1. The molecular weight excluding hydrogens is 186 g/mol. The molecule has 0 aromatic rings. The predicted molar refractivity (Wildman–Crippen MR) is 50.8 cm³/mol. The third kappa shape index (κ3) is 4.59. The number of nitrogens with one attached hydrogen (secondary N) is 1. The van der Waals surface area contributed by atoms with Crippen LogP contribution in [0.2, 0.25) is 6.04 Å². The summed E-state index contributed by atoms with van der Waals surface area (Å²) in [6.07, 6.45) is 5.14. The van der Waals surface area contributed by atoms with Crippen LogP contribution in [0.25, 0.3) is 0 Å². The minimum atomic E-state index is -0.329. The Morgan fingerprint density at radius 2 is 1.92 bits per heavy atom. The van der Waals surface area contributed by atoms with E-state index in [1.54, 1.807) is 0 Å². The topological polar surface area (TPSA) is 55.4 Å². The molecule has 2 aliphatic rings. The van der Waals surface area contributed by atoms with E-state index in [1.165, 1.54) is 31.0 Å². The Labute approximate surface area is 79.3 Å². The SMILES string of the molecule is C1CC[SiH2]OC1.O=C1C=CC(=O)N1. The van der Waals surface area contributed by atoms with Crippen LogP contribution >= 0.6 is 0 Å². The fraction of sp³-hybridized carbons (Fsp3) is 0.500. The molecule has 0 unspecified atom stereocenters. The Hall–Kier alpha value is -0.943. The molecule has 1 N–H and O–H groups in total. The molecule has 0 aromatic heterocycles. The van der Waals surface area contributed by atoms with Crippen molar-refractivity contribution in [1.29, 1.82) is 0 Å². The maximum absolute atomic E-state index is 10.0. The molecule has 2 rings (SSSR count). The molecule has 0 saturated carbocycles. The Kier molecular flexibility index (Phi) is 4.41. The van der Waals surface area contributed by atoms with Gasteiger partial charge >= 0.3 is 0 Å². The molecule has 2 heterocycles. The summed E-state index contributed by atoms with van der Waals surface area (Å²) in [5.74, 6) is -0.657. The van der Waals surface area contributed by atoms with Gasteiger partial charge in [-0.05, 0) is 12.5 Å².